The molecule has 0 aliphatic carbocycles. The van der Waals surface area contributed by atoms with Gasteiger partial charge in [0.05, 0.1) is 29.3 Å². The molecule has 1 aromatic carbocycles. The van der Waals surface area contributed by atoms with Gasteiger partial charge in [-0.05, 0) is 43.2 Å². The zero-order chi connectivity index (χ0) is 20.7. The van der Waals surface area contributed by atoms with Gasteiger partial charge in [0.15, 0.2) is 10.8 Å². The van der Waals surface area contributed by atoms with E-state index in [-0.39, 0.29) is 5.69 Å². The SMILES string of the molecule is Cc1cc(C(=O)O)nn1Cc1cc(-c2ccoc2)cc2sc(N3CC=CCC3)nc12. The van der Waals surface area contributed by atoms with Crippen molar-refractivity contribution in [1.29, 1.82) is 0 Å². The average Bonchev–Trinajstić information content (AvgIpc) is 3.48. The lowest BCUT2D eigenvalue weighted by Gasteiger charge is -2.22. The van der Waals surface area contributed by atoms with Gasteiger partial charge in [0.25, 0.3) is 0 Å². The van der Waals surface area contributed by atoms with Crippen LogP contribution in [0.1, 0.15) is 28.2 Å². The van der Waals surface area contributed by atoms with Crippen LogP contribution in [0.25, 0.3) is 21.3 Å². The van der Waals surface area contributed by atoms with E-state index in [0.29, 0.717) is 6.54 Å². The zero-order valence-corrected chi connectivity index (χ0v) is 17.2. The summed E-state index contributed by atoms with van der Waals surface area (Å²) in [6.07, 6.45) is 8.78. The molecule has 7 nitrogen and oxygen atoms in total. The van der Waals surface area contributed by atoms with Gasteiger partial charge in [0.1, 0.15) is 0 Å². The van der Waals surface area contributed by atoms with Crippen molar-refractivity contribution in [2.75, 3.05) is 18.0 Å². The molecule has 5 rings (SSSR count). The van der Waals surface area contributed by atoms with Crippen LogP contribution in [-0.2, 0) is 6.54 Å². The van der Waals surface area contributed by atoms with Crippen LogP contribution in [0.15, 0.2) is 53.4 Å². The van der Waals surface area contributed by atoms with Crippen LogP contribution in [0.3, 0.4) is 0 Å². The van der Waals surface area contributed by atoms with E-state index >= 15 is 0 Å². The normalized spacial score (nSPS) is 14.0. The van der Waals surface area contributed by atoms with Gasteiger partial charge in [-0.3, -0.25) is 4.68 Å². The number of thiazole rings is 1. The molecule has 0 saturated carbocycles. The molecule has 0 saturated heterocycles. The van der Waals surface area contributed by atoms with Crippen LogP contribution in [-0.4, -0.2) is 38.9 Å². The Bertz CT molecular complexity index is 1250. The molecule has 3 aromatic heterocycles. The van der Waals surface area contributed by atoms with Crippen LogP contribution < -0.4 is 4.90 Å². The molecule has 152 valence electrons. The molecule has 0 bridgehead atoms. The summed E-state index contributed by atoms with van der Waals surface area (Å²) < 4.78 is 8.09. The fraction of sp³-hybridized carbons (Fsp3) is 0.227. The summed E-state index contributed by atoms with van der Waals surface area (Å²) >= 11 is 1.68. The fourth-order valence-electron chi connectivity index (χ4n) is 3.69. The Balaban J connectivity index is 1.61. The number of fused-ring (bicyclic) bond motifs is 1. The number of aromatic carboxylic acids is 1. The number of rotatable bonds is 5. The number of furan rings is 1. The minimum Gasteiger partial charge on any atom is -0.476 e. The first-order valence-electron chi connectivity index (χ1n) is 9.72. The molecule has 0 spiro atoms. The second kappa shape index (κ2) is 7.46. The van der Waals surface area contributed by atoms with E-state index in [0.717, 1.165) is 57.2 Å². The Morgan fingerprint density at radius 3 is 2.87 bits per heavy atom. The summed E-state index contributed by atoms with van der Waals surface area (Å²) in [6.45, 7) is 4.14. The highest BCUT2D eigenvalue weighted by atomic mass is 32.1. The number of aromatic nitrogens is 3. The lowest BCUT2D eigenvalue weighted by atomic mass is 10.0. The molecule has 4 heterocycles. The molecule has 30 heavy (non-hydrogen) atoms. The largest absolute Gasteiger partial charge is 0.476 e. The van der Waals surface area contributed by atoms with Gasteiger partial charge >= 0.3 is 5.97 Å². The molecule has 1 aliphatic heterocycles. The molecular weight excluding hydrogens is 400 g/mol. The molecule has 0 atom stereocenters. The highest BCUT2D eigenvalue weighted by Gasteiger charge is 2.18. The first-order valence-corrected chi connectivity index (χ1v) is 10.5. The Hall–Kier alpha value is -3.39. The van der Waals surface area contributed by atoms with E-state index < -0.39 is 5.97 Å². The van der Waals surface area contributed by atoms with E-state index in [1.807, 2.05) is 13.0 Å². The van der Waals surface area contributed by atoms with Crippen molar-refractivity contribution in [1.82, 2.24) is 14.8 Å². The topological polar surface area (TPSA) is 84.4 Å². The Morgan fingerprint density at radius 1 is 1.27 bits per heavy atom. The third-order valence-corrected chi connectivity index (χ3v) is 6.33. The summed E-state index contributed by atoms with van der Waals surface area (Å²) in [4.78, 5) is 18.6. The average molecular weight is 420 g/mol. The third kappa shape index (κ3) is 3.39. The Labute approximate surface area is 176 Å². The summed E-state index contributed by atoms with van der Waals surface area (Å²) in [5.41, 5.74) is 4.82. The molecule has 0 radical (unpaired) electrons. The Kier molecular flexibility index (Phi) is 4.63. The predicted octanol–water partition coefficient (Wildman–Crippen LogP) is 4.57. The molecule has 0 amide bonds. The van der Waals surface area contributed by atoms with Crippen LogP contribution in [0, 0.1) is 6.92 Å². The molecular formula is C22H20N4O3S. The van der Waals surface area contributed by atoms with Gasteiger partial charge in [-0.15, -0.1) is 0 Å². The van der Waals surface area contributed by atoms with E-state index in [2.05, 4.69) is 34.3 Å². The van der Waals surface area contributed by atoms with Crippen molar-refractivity contribution in [2.24, 2.45) is 0 Å². The Morgan fingerprint density at radius 2 is 2.17 bits per heavy atom. The van der Waals surface area contributed by atoms with Crippen LogP contribution >= 0.6 is 11.3 Å². The summed E-state index contributed by atoms with van der Waals surface area (Å²) in [5, 5.41) is 14.5. The van der Waals surface area contributed by atoms with E-state index in [1.54, 1.807) is 34.6 Å². The van der Waals surface area contributed by atoms with Crippen molar-refractivity contribution < 1.29 is 14.3 Å². The van der Waals surface area contributed by atoms with Crippen molar-refractivity contribution in [3.8, 4) is 11.1 Å². The van der Waals surface area contributed by atoms with E-state index in [9.17, 15) is 9.90 Å². The van der Waals surface area contributed by atoms with Crippen LogP contribution in [0.4, 0.5) is 5.13 Å². The maximum Gasteiger partial charge on any atom is 0.356 e. The van der Waals surface area contributed by atoms with Crippen molar-refractivity contribution in [3.05, 3.63) is 65.9 Å². The number of hydrogen-bond acceptors (Lipinski definition) is 6. The maximum absolute atomic E-state index is 11.3. The maximum atomic E-state index is 11.3. The monoisotopic (exact) mass is 420 g/mol. The van der Waals surface area contributed by atoms with Crippen LogP contribution in [0.2, 0.25) is 0 Å². The predicted molar refractivity (Wildman–Crippen MR) is 116 cm³/mol. The van der Waals surface area contributed by atoms with Crippen molar-refractivity contribution in [2.45, 2.75) is 19.9 Å². The van der Waals surface area contributed by atoms with Gasteiger partial charge in [-0.1, -0.05) is 23.5 Å². The second-order valence-corrected chi connectivity index (χ2v) is 8.34. The van der Waals surface area contributed by atoms with Crippen LogP contribution in [0.5, 0.6) is 0 Å². The van der Waals surface area contributed by atoms with Gasteiger partial charge in [0, 0.05) is 29.9 Å². The van der Waals surface area contributed by atoms with Gasteiger partial charge < -0.3 is 14.4 Å². The smallest absolute Gasteiger partial charge is 0.356 e. The first-order chi connectivity index (χ1) is 14.6. The van der Waals surface area contributed by atoms with Gasteiger partial charge in [0.2, 0.25) is 0 Å². The van der Waals surface area contributed by atoms with E-state index in [1.165, 1.54) is 0 Å². The third-order valence-electron chi connectivity index (χ3n) is 5.27. The molecule has 1 aliphatic rings. The number of nitrogens with zero attached hydrogens (tertiary/aromatic N) is 4. The summed E-state index contributed by atoms with van der Waals surface area (Å²) in [5.74, 6) is -1.02. The highest BCUT2D eigenvalue weighted by molar-refractivity contribution is 7.22. The summed E-state index contributed by atoms with van der Waals surface area (Å²) in [6, 6.07) is 7.76. The highest BCUT2D eigenvalue weighted by Crippen LogP contribution is 2.36. The van der Waals surface area contributed by atoms with E-state index in [4.69, 9.17) is 9.40 Å². The number of aryl methyl sites for hydroxylation is 1. The zero-order valence-electron chi connectivity index (χ0n) is 16.4. The minimum absolute atomic E-state index is 0.0498. The molecule has 0 unspecified atom stereocenters. The van der Waals surface area contributed by atoms with Gasteiger partial charge in [-0.2, -0.15) is 5.10 Å². The minimum atomic E-state index is -1.02. The van der Waals surface area contributed by atoms with Gasteiger partial charge in [-0.25, -0.2) is 9.78 Å². The quantitative estimate of drug-likeness (QED) is 0.476. The molecule has 4 aromatic rings. The number of hydrogen-bond donors (Lipinski definition) is 1. The molecule has 0 fully saturated rings. The number of carbonyl (C=O) groups is 1. The fourth-order valence-corrected chi connectivity index (χ4v) is 4.78. The first kappa shape index (κ1) is 18.6. The lowest BCUT2D eigenvalue weighted by molar-refractivity contribution is 0.0689. The number of benzene rings is 1. The number of carboxylic acids is 1. The second-order valence-electron chi connectivity index (χ2n) is 7.33. The van der Waals surface area contributed by atoms with Crippen molar-refractivity contribution >= 4 is 32.7 Å². The molecule has 8 heteroatoms. The molecule has 1 N–H and O–H groups in total. The number of anilines is 1. The van der Waals surface area contributed by atoms with Crippen molar-refractivity contribution in [3.63, 3.8) is 0 Å². The lowest BCUT2D eigenvalue weighted by Crippen LogP contribution is -2.26. The summed E-state index contributed by atoms with van der Waals surface area (Å²) in [7, 11) is 0. The number of carboxylic acid groups (broad SMARTS) is 1. The standard InChI is InChI=1S/C22H20N4O3S/c1-14-9-18(21(27)28)24-26(14)12-17-10-16(15-5-8-29-13-15)11-19-20(17)23-22(30-19)25-6-3-2-4-7-25/h2-3,5,8-11,13H,4,6-7,12H2,1H3,(H,27,28).